The molecule has 0 saturated heterocycles. The van der Waals surface area contributed by atoms with Crippen molar-refractivity contribution < 1.29 is 27.0 Å². The molecule has 1 aromatic carbocycles. The fraction of sp³-hybridized carbons (Fsp3) is 0.273. The Kier molecular flexibility index (Phi) is 7.42. The third kappa shape index (κ3) is 5.40. The largest absolute Gasteiger partial charge is 0.494 e. The van der Waals surface area contributed by atoms with Crippen molar-refractivity contribution in [3.05, 3.63) is 54.6 Å². The molecular formula is C22H23FN8O5S. The van der Waals surface area contributed by atoms with Gasteiger partial charge in [0.25, 0.3) is 0 Å². The quantitative estimate of drug-likeness (QED) is 0.320. The third-order valence-electron chi connectivity index (χ3n) is 5.25. The molecule has 1 N–H and O–H groups in total. The van der Waals surface area contributed by atoms with Gasteiger partial charge in [-0.3, -0.25) is 14.3 Å². The van der Waals surface area contributed by atoms with Crippen molar-refractivity contribution >= 4 is 16.0 Å². The highest BCUT2D eigenvalue weighted by Gasteiger charge is 2.29. The Bertz CT molecular complexity index is 1480. The van der Waals surface area contributed by atoms with E-state index in [1.165, 1.54) is 45.2 Å². The molecule has 4 rings (SSSR count). The molecule has 0 bridgehead atoms. The van der Waals surface area contributed by atoms with E-state index in [-0.39, 0.29) is 35.6 Å². The van der Waals surface area contributed by atoms with Gasteiger partial charge in [-0.1, -0.05) is 6.07 Å². The van der Waals surface area contributed by atoms with Crippen LogP contribution in [0.5, 0.6) is 17.4 Å². The first-order valence-electron chi connectivity index (χ1n) is 10.8. The molecule has 0 aliphatic carbocycles. The molecule has 3 aromatic heterocycles. The maximum atomic E-state index is 13.3. The normalized spacial score (nSPS) is 12.1. The number of halogens is 1. The summed E-state index contributed by atoms with van der Waals surface area (Å²) in [5.41, 5.74) is 0.572. The van der Waals surface area contributed by atoms with Crippen LogP contribution in [0.2, 0.25) is 0 Å². The van der Waals surface area contributed by atoms with E-state index in [9.17, 15) is 12.8 Å². The summed E-state index contributed by atoms with van der Waals surface area (Å²) < 4.78 is 59.8. The summed E-state index contributed by atoms with van der Waals surface area (Å²) >= 11 is 0. The Labute approximate surface area is 211 Å². The van der Waals surface area contributed by atoms with Crippen LogP contribution in [0, 0.1) is 5.82 Å². The van der Waals surface area contributed by atoms with E-state index in [0.717, 1.165) is 12.4 Å². The minimum Gasteiger partial charge on any atom is -0.494 e. The zero-order chi connectivity index (χ0) is 26.6. The maximum absolute atomic E-state index is 13.3. The average molecular weight is 531 g/mol. The first-order valence-corrected chi connectivity index (χ1v) is 12.3. The van der Waals surface area contributed by atoms with Gasteiger partial charge in [0.15, 0.2) is 11.6 Å². The van der Waals surface area contributed by atoms with Gasteiger partial charge in [-0.15, -0.1) is 10.2 Å². The summed E-state index contributed by atoms with van der Waals surface area (Å²) in [6.45, 7) is 1.47. The molecule has 4 aromatic rings. The lowest BCUT2D eigenvalue weighted by atomic mass is 10.2. The van der Waals surface area contributed by atoms with E-state index in [1.807, 2.05) is 0 Å². The molecule has 0 fully saturated rings. The highest BCUT2D eigenvalue weighted by molar-refractivity contribution is 7.93. The molecule has 0 radical (unpaired) electrons. The lowest BCUT2D eigenvalue weighted by Gasteiger charge is -2.18. The zero-order valence-electron chi connectivity index (χ0n) is 20.3. The fourth-order valence-corrected chi connectivity index (χ4v) is 4.33. The number of nitrogens with one attached hydrogen (secondary N) is 1. The van der Waals surface area contributed by atoms with Crippen LogP contribution in [0.4, 0.5) is 10.3 Å². The van der Waals surface area contributed by atoms with Crippen LogP contribution >= 0.6 is 0 Å². The van der Waals surface area contributed by atoms with Crippen molar-refractivity contribution in [3.8, 4) is 34.6 Å². The lowest BCUT2D eigenvalue weighted by Crippen LogP contribution is -2.29. The van der Waals surface area contributed by atoms with Crippen molar-refractivity contribution in [3.63, 3.8) is 0 Å². The predicted octanol–water partition coefficient (Wildman–Crippen LogP) is 2.05. The first kappa shape index (κ1) is 25.7. The summed E-state index contributed by atoms with van der Waals surface area (Å²) in [5, 5.41) is 7.25. The van der Waals surface area contributed by atoms with E-state index < -0.39 is 21.1 Å². The Morgan fingerprint density at radius 1 is 1.00 bits per heavy atom. The molecule has 194 valence electrons. The summed E-state index contributed by atoms with van der Waals surface area (Å²) in [5.74, 6) is 0.447. The van der Waals surface area contributed by atoms with Crippen molar-refractivity contribution in [1.29, 1.82) is 0 Å². The molecular weight excluding hydrogens is 507 g/mol. The minimum absolute atomic E-state index is 0.0735. The Morgan fingerprint density at radius 2 is 1.68 bits per heavy atom. The van der Waals surface area contributed by atoms with Crippen LogP contribution in [-0.4, -0.2) is 69.7 Å². The molecule has 15 heteroatoms. The molecule has 13 nitrogen and oxygen atoms in total. The number of rotatable bonds is 10. The summed E-state index contributed by atoms with van der Waals surface area (Å²) in [6.07, 6.45) is 4.71. The molecule has 0 amide bonds. The summed E-state index contributed by atoms with van der Waals surface area (Å²) in [4.78, 5) is 16.1. The van der Waals surface area contributed by atoms with E-state index in [4.69, 9.17) is 14.2 Å². The number of nitrogens with zero attached hydrogens (tertiary/aromatic N) is 7. The lowest BCUT2D eigenvalue weighted by molar-refractivity contribution is 0.391. The second-order valence-corrected chi connectivity index (χ2v) is 9.72. The highest BCUT2D eigenvalue weighted by atomic mass is 32.2. The van der Waals surface area contributed by atoms with Gasteiger partial charge in [-0.2, -0.15) is 0 Å². The van der Waals surface area contributed by atoms with E-state index in [1.54, 1.807) is 18.2 Å². The standard InChI is InChI=1S/C22H23FN8O5S/c1-13(8-18-25-9-14(23)10-26-18)37(32,33)30-22-29-28-21(15-11-24-12-19(27-15)36-4)31(22)20-16(34-2)6-5-7-17(20)35-3/h5-7,9-13H,8H2,1-4H3,(H,29,30)/t13-/m0/s1. The second-order valence-electron chi connectivity index (χ2n) is 7.62. The van der Waals surface area contributed by atoms with Crippen molar-refractivity contribution in [2.45, 2.75) is 18.6 Å². The third-order valence-corrected chi connectivity index (χ3v) is 6.94. The number of sulfonamides is 1. The fourth-order valence-electron chi connectivity index (χ4n) is 3.37. The Balaban J connectivity index is 1.82. The second kappa shape index (κ2) is 10.7. The molecule has 0 saturated carbocycles. The van der Waals surface area contributed by atoms with Crippen LogP contribution in [0.15, 0.2) is 43.0 Å². The van der Waals surface area contributed by atoms with E-state index >= 15 is 0 Å². The molecule has 37 heavy (non-hydrogen) atoms. The Hall–Kier alpha value is -4.40. The number of hydrogen-bond acceptors (Lipinski definition) is 11. The summed E-state index contributed by atoms with van der Waals surface area (Å²) in [7, 11) is 0.297. The van der Waals surface area contributed by atoms with Gasteiger partial charge in [0.05, 0.1) is 51.4 Å². The number of aromatic nitrogens is 7. The zero-order valence-corrected chi connectivity index (χ0v) is 21.1. The van der Waals surface area contributed by atoms with Crippen LogP contribution in [0.1, 0.15) is 12.7 Å². The molecule has 0 spiro atoms. The minimum atomic E-state index is -4.06. The maximum Gasteiger partial charge on any atom is 0.243 e. The van der Waals surface area contributed by atoms with Gasteiger partial charge in [-0.05, 0) is 19.1 Å². The molecule has 0 aliphatic rings. The topological polar surface area (TPSA) is 156 Å². The van der Waals surface area contributed by atoms with Crippen LogP contribution in [0.25, 0.3) is 17.2 Å². The van der Waals surface area contributed by atoms with Crippen molar-refractivity contribution in [1.82, 2.24) is 34.7 Å². The molecule has 1 atom stereocenters. The predicted molar refractivity (Wildman–Crippen MR) is 130 cm³/mol. The van der Waals surface area contributed by atoms with Crippen molar-refractivity contribution in [2.75, 3.05) is 26.1 Å². The number of benzene rings is 1. The van der Waals surface area contributed by atoms with Crippen LogP contribution in [0.3, 0.4) is 0 Å². The first-order chi connectivity index (χ1) is 17.8. The van der Waals surface area contributed by atoms with Gasteiger partial charge in [0, 0.05) is 6.42 Å². The molecule has 0 aliphatic heterocycles. The van der Waals surface area contributed by atoms with Gasteiger partial charge >= 0.3 is 0 Å². The average Bonchev–Trinajstić information content (AvgIpc) is 3.31. The Morgan fingerprint density at radius 3 is 2.30 bits per heavy atom. The van der Waals surface area contributed by atoms with E-state index in [0.29, 0.717) is 17.2 Å². The number of anilines is 1. The molecule has 3 heterocycles. The number of hydrogen-bond donors (Lipinski definition) is 1. The number of para-hydroxylation sites is 1. The van der Waals surface area contributed by atoms with Crippen molar-refractivity contribution in [2.24, 2.45) is 0 Å². The smallest absolute Gasteiger partial charge is 0.243 e. The van der Waals surface area contributed by atoms with Crippen LogP contribution in [-0.2, 0) is 16.4 Å². The van der Waals surface area contributed by atoms with Gasteiger partial charge in [0.2, 0.25) is 21.9 Å². The number of ether oxygens (including phenoxy) is 3. The SMILES string of the molecule is COc1cncc(-c2nnc(NS(=O)(=O)[C@@H](C)Cc3ncc(F)cn3)n2-c2c(OC)cccc2OC)n1. The summed E-state index contributed by atoms with van der Waals surface area (Å²) in [6, 6.07) is 5.06. The monoisotopic (exact) mass is 530 g/mol. The molecule has 0 unspecified atom stereocenters. The van der Waals surface area contributed by atoms with Gasteiger partial charge < -0.3 is 14.2 Å². The van der Waals surface area contributed by atoms with Gasteiger partial charge in [0.1, 0.15) is 28.7 Å². The van der Waals surface area contributed by atoms with Gasteiger partial charge in [-0.25, -0.2) is 27.8 Å². The van der Waals surface area contributed by atoms with E-state index in [2.05, 4.69) is 34.9 Å². The highest BCUT2D eigenvalue weighted by Crippen LogP contribution is 2.37. The number of methoxy groups -OCH3 is 3. The van der Waals surface area contributed by atoms with Crippen LogP contribution < -0.4 is 18.9 Å².